The summed E-state index contributed by atoms with van der Waals surface area (Å²) < 4.78 is 11.5. The molecule has 0 fully saturated rings. The zero-order valence-corrected chi connectivity index (χ0v) is 10.7. The van der Waals surface area contributed by atoms with E-state index in [0.29, 0.717) is 6.04 Å². The molecule has 0 amide bonds. The van der Waals surface area contributed by atoms with Gasteiger partial charge in [-0.2, -0.15) is 0 Å². The van der Waals surface area contributed by atoms with Crippen molar-refractivity contribution in [1.29, 1.82) is 0 Å². The molecule has 19 heavy (non-hydrogen) atoms. The molecule has 96 valence electrons. The molecule has 3 nitrogen and oxygen atoms in total. The average molecular weight is 253 g/mol. The molecule has 0 bridgehead atoms. The van der Waals surface area contributed by atoms with Crippen molar-refractivity contribution in [3.8, 4) is 11.5 Å². The zero-order valence-electron chi connectivity index (χ0n) is 10.7. The quantitative estimate of drug-likeness (QED) is 0.846. The molecule has 0 radical (unpaired) electrons. The molecular formula is C16H15NO2. The average Bonchev–Trinajstić information content (AvgIpc) is 2.81. The van der Waals surface area contributed by atoms with Gasteiger partial charge in [-0.3, -0.25) is 0 Å². The monoisotopic (exact) mass is 253 g/mol. The van der Waals surface area contributed by atoms with E-state index in [4.69, 9.17) is 9.47 Å². The van der Waals surface area contributed by atoms with Gasteiger partial charge in [-0.1, -0.05) is 18.2 Å². The number of benzene rings is 2. The van der Waals surface area contributed by atoms with Gasteiger partial charge in [0.2, 0.25) is 0 Å². The van der Waals surface area contributed by atoms with E-state index in [1.807, 2.05) is 24.3 Å². The third kappa shape index (κ3) is 1.58. The number of para-hydroxylation sites is 2. The Morgan fingerprint density at radius 1 is 1.21 bits per heavy atom. The Hall–Kier alpha value is -2.16. The minimum atomic E-state index is 0.0833. The van der Waals surface area contributed by atoms with Gasteiger partial charge in [-0.05, 0) is 36.2 Å². The zero-order chi connectivity index (χ0) is 12.8. The summed E-state index contributed by atoms with van der Waals surface area (Å²) >= 11 is 0. The molecular weight excluding hydrogens is 238 g/mol. The van der Waals surface area contributed by atoms with E-state index in [9.17, 15) is 0 Å². The Labute approximate surface area is 112 Å². The lowest BCUT2D eigenvalue weighted by Gasteiger charge is -2.30. The van der Waals surface area contributed by atoms with Gasteiger partial charge in [0.1, 0.15) is 17.6 Å². The van der Waals surface area contributed by atoms with Crippen molar-refractivity contribution in [2.45, 2.75) is 18.6 Å². The highest BCUT2D eigenvalue weighted by molar-refractivity contribution is 5.61. The summed E-state index contributed by atoms with van der Waals surface area (Å²) in [4.78, 5) is 0. The first kappa shape index (κ1) is 10.7. The molecule has 2 atom stereocenters. The first-order valence-corrected chi connectivity index (χ1v) is 6.54. The highest BCUT2D eigenvalue weighted by Crippen LogP contribution is 2.44. The Morgan fingerprint density at radius 3 is 3.00 bits per heavy atom. The van der Waals surface area contributed by atoms with Gasteiger partial charge in [0.25, 0.3) is 0 Å². The molecule has 0 saturated carbocycles. The van der Waals surface area contributed by atoms with Crippen molar-refractivity contribution in [3.63, 3.8) is 0 Å². The van der Waals surface area contributed by atoms with Crippen LogP contribution in [0, 0.1) is 0 Å². The van der Waals surface area contributed by atoms with Gasteiger partial charge >= 0.3 is 0 Å². The maximum absolute atomic E-state index is 6.16. The predicted molar refractivity (Wildman–Crippen MR) is 73.9 cm³/mol. The molecule has 1 aliphatic heterocycles. The van der Waals surface area contributed by atoms with Crippen LogP contribution in [-0.4, -0.2) is 13.2 Å². The highest BCUT2D eigenvalue weighted by atomic mass is 16.5. The number of fused-ring (bicyclic) bond motifs is 4. The molecule has 4 rings (SSSR count). The summed E-state index contributed by atoms with van der Waals surface area (Å²) in [7, 11) is 1.70. The molecule has 1 aliphatic carbocycles. The SMILES string of the molecule is COc1ccc2c(c1)C1Oc3ccccc3NC1C2. The Balaban J connectivity index is 1.76. The molecule has 0 spiro atoms. The third-order valence-electron chi connectivity index (χ3n) is 3.95. The summed E-state index contributed by atoms with van der Waals surface area (Å²) in [5.74, 6) is 1.82. The minimum absolute atomic E-state index is 0.0833. The Morgan fingerprint density at radius 2 is 2.11 bits per heavy atom. The molecule has 2 unspecified atom stereocenters. The minimum Gasteiger partial charge on any atom is -0.497 e. The second-order valence-electron chi connectivity index (χ2n) is 5.05. The summed E-state index contributed by atoms with van der Waals surface area (Å²) in [6.07, 6.45) is 1.08. The van der Waals surface area contributed by atoms with Crippen LogP contribution in [-0.2, 0) is 6.42 Å². The maximum Gasteiger partial charge on any atom is 0.145 e. The molecule has 3 heteroatoms. The molecule has 0 saturated heterocycles. The van der Waals surface area contributed by atoms with Crippen molar-refractivity contribution in [2.75, 3.05) is 12.4 Å². The number of ether oxygens (including phenoxy) is 2. The Kier molecular flexibility index (Phi) is 2.21. The normalized spacial score (nSPS) is 22.6. The van der Waals surface area contributed by atoms with E-state index in [2.05, 4.69) is 23.5 Å². The van der Waals surface area contributed by atoms with Gasteiger partial charge in [-0.15, -0.1) is 0 Å². The fraction of sp³-hybridized carbons (Fsp3) is 0.250. The smallest absolute Gasteiger partial charge is 0.145 e. The second kappa shape index (κ2) is 3.92. The first-order chi connectivity index (χ1) is 9.35. The van der Waals surface area contributed by atoms with E-state index >= 15 is 0 Å². The van der Waals surface area contributed by atoms with Gasteiger partial charge in [-0.25, -0.2) is 0 Å². The van der Waals surface area contributed by atoms with Crippen LogP contribution in [0.2, 0.25) is 0 Å². The lowest BCUT2D eigenvalue weighted by molar-refractivity contribution is 0.183. The van der Waals surface area contributed by atoms with Crippen LogP contribution in [0.3, 0.4) is 0 Å². The summed E-state index contributed by atoms with van der Waals surface area (Å²) in [6, 6.07) is 14.7. The van der Waals surface area contributed by atoms with Crippen molar-refractivity contribution >= 4 is 5.69 Å². The number of anilines is 1. The van der Waals surface area contributed by atoms with E-state index < -0.39 is 0 Å². The summed E-state index contributed by atoms with van der Waals surface area (Å²) in [6.45, 7) is 0. The van der Waals surface area contributed by atoms with Crippen LogP contribution in [0.25, 0.3) is 0 Å². The lowest BCUT2D eigenvalue weighted by atomic mass is 10.1. The molecule has 1 N–H and O–H groups in total. The first-order valence-electron chi connectivity index (χ1n) is 6.54. The molecule has 2 aromatic rings. The van der Waals surface area contributed by atoms with Crippen molar-refractivity contribution < 1.29 is 9.47 Å². The number of rotatable bonds is 1. The van der Waals surface area contributed by atoms with E-state index in [0.717, 1.165) is 23.6 Å². The number of hydrogen-bond acceptors (Lipinski definition) is 3. The number of nitrogens with one attached hydrogen (secondary N) is 1. The van der Waals surface area contributed by atoms with Gasteiger partial charge in [0.15, 0.2) is 0 Å². The fourth-order valence-electron chi connectivity index (χ4n) is 3.01. The largest absolute Gasteiger partial charge is 0.497 e. The summed E-state index contributed by atoms with van der Waals surface area (Å²) in [5.41, 5.74) is 3.67. The van der Waals surface area contributed by atoms with Crippen LogP contribution in [0.5, 0.6) is 11.5 Å². The van der Waals surface area contributed by atoms with Crippen LogP contribution >= 0.6 is 0 Å². The predicted octanol–water partition coefficient (Wildman–Crippen LogP) is 3.17. The lowest BCUT2D eigenvalue weighted by Crippen LogP contribution is -2.32. The molecule has 2 aromatic carbocycles. The van der Waals surface area contributed by atoms with Gasteiger partial charge < -0.3 is 14.8 Å². The standard InChI is InChI=1S/C16H15NO2/c1-18-11-7-6-10-8-14-16(12(10)9-11)19-15-5-3-2-4-13(15)17-14/h2-7,9,14,16-17H,8H2,1H3. The van der Waals surface area contributed by atoms with Crippen molar-refractivity contribution in [2.24, 2.45) is 0 Å². The van der Waals surface area contributed by atoms with Gasteiger partial charge in [0.05, 0.1) is 18.8 Å². The second-order valence-corrected chi connectivity index (χ2v) is 5.05. The number of methoxy groups -OCH3 is 1. The van der Waals surface area contributed by atoms with Crippen molar-refractivity contribution in [1.82, 2.24) is 0 Å². The fourth-order valence-corrected chi connectivity index (χ4v) is 3.01. The van der Waals surface area contributed by atoms with Crippen LogP contribution < -0.4 is 14.8 Å². The number of hydrogen-bond donors (Lipinski definition) is 1. The summed E-state index contributed by atoms with van der Waals surface area (Å²) in [5, 5.41) is 3.58. The maximum atomic E-state index is 6.16. The molecule has 2 aliphatic rings. The van der Waals surface area contributed by atoms with E-state index in [-0.39, 0.29) is 6.10 Å². The highest BCUT2D eigenvalue weighted by Gasteiger charge is 2.38. The van der Waals surface area contributed by atoms with E-state index in [1.165, 1.54) is 11.1 Å². The molecule has 1 heterocycles. The third-order valence-corrected chi connectivity index (χ3v) is 3.95. The van der Waals surface area contributed by atoms with Crippen LogP contribution in [0.15, 0.2) is 42.5 Å². The van der Waals surface area contributed by atoms with Crippen LogP contribution in [0.1, 0.15) is 17.2 Å². The molecule has 0 aromatic heterocycles. The van der Waals surface area contributed by atoms with E-state index in [1.54, 1.807) is 7.11 Å². The topological polar surface area (TPSA) is 30.5 Å². The Bertz CT molecular complexity index is 638. The van der Waals surface area contributed by atoms with Crippen LogP contribution in [0.4, 0.5) is 5.69 Å². The van der Waals surface area contributed by atoms with Gasteiger partial charge in [0, 0.05) is 5.56 Å². The van der Waals surface area contributed by atoms with Crippen molar-refractivity contribution in [3.05, 3.63) is 53.6 Å².